The number of hydrogen-bond acceptors (Lipinski definition) is 5. The molecule has 0 aromatic heterocycles. The number of nitrogens with zero attached hydrogens (tertiary/aromatic N) is 1. The maximum Gasteiger partial charge on any atom is 0.325 e. The summed E-state index contributed by atoms with van der Waals surface area (Å²) in [4.78, 5) is 41.5. The van der Waals surface area contributed by atoms with Crippen LogP contribution in [-0.4, -0.2) is 45.5 Å². The molecular weight excluding hydrogens is 432 g/mol. The third kappa shape index (κ3) is 3.98. The molecule has 0 bridgehead atoms. The number of amides is 2. The highest BCUT2D eigenvalue weighted by molar-refractivity contribution is 6.10. The van der Waals surface area contributed by atoms with Gasteiger partial charge < -0.3 is 9.84 Å². The van der Waals surface area contributed by atoms with Crippen LogP contribution in [0.4, 0.5) is 0 Å². The molecule has 4 unspecified atom stereocenters. The Balaban J connectivity index is 1.80. The molecule has 0 saturated carbocycles. The van der Waals surface area contributed by atoms with Crippen LogP contribution in [0.3, 0.4) is 0 Å². The number of benzene rings is 2. The zero-order chi connectivity index (χ0) is 24.7. The maximum absolute atomic E-state index is 13.7. The first kappa shape index (κ1) is 24.0. The second-order valence-electron chi connectivity index (χ2n) is 10.2. The van der Waals surface area contributed by atoms with E-state index in [1.165, 1.54) is 4.90 Å². The first-order chi connectivity index (χ1) is 16.1. The van der Waals surface area contributed by atoms with Crippen molar-refractivity contribution < 1.29 is 24.2 Å². The molecule has 2 N–H and O–H groups in total. The topological polar surface area (TPSA) is 95.9 Å². The lowest BCUT2D eigenvalue weighted by Crippen LogP contribution is -2.58. The summed E-state index contributed by atoms with van der Waals surface area (Å²) in [7, 11) is 0. The fraction of sp³-hybridized carbons (Fsp3) is 0.444. The van der Waals surface area contributed by atoms with Gasteiger partial charge in [0.15, 0.2) is 0 Å². The van der Waals surface area contributed by atoms with Crippen molar-refractivity contribution in [3.63, 3.8) is 0 Å². The summed E-state index contributed by atoms with van der Waals surface area (Å²) in [6.45, 7) is 8.01. The molecule has 2 aromatic carbocycles. The Bertz CT molecular complexity index is 1080. The van der Waals surface area contributed by atoms with E-state index in [1.807, 2.05) is 61.5 Å². The van der Waals surface area contributed by atoms with E-state index in [2.05, 4.69) is 5.32 Å². The molecule has 2 amide bonds. The van der Waals surface area contributed by atoms with Gasteiger partial charge in [-0.3, -0.25) is 24.6 Å². The number of rotatable bonds is 7. The summed E-state index contributed by atoms with van der Waals surface area (Å²) in [5.74, 6) is -3.01. The van der Waals surface area contributed by atoms with E-state index >= 15 is 0 Å². The number of carboxylic acid groups (broad SMARTS) is 1. The first-order valence-corrected chi connectivity index (χ1v) is 11.8. The third-order valence-corrected chi connectivity index (χ3v) is 6.74. The van der Waals surface area contributed by atoms with Gasteiger partial charge in [-0.1, -0.05) is 49.4 Å². The van der Waals surface area contributed by atoms with E-state index in [-0.39, 0.29) is 12.3 Å². The molecule has 180 valence electrons. The van der Waals surface area contributed by atoms with Gasteiger partial charge in [0.05, 0.1) is 18.4 Å². The van der Waals surface area contributed by atoms with Crippen molar-refractivity contribution in [3.05, 3.63) is 65.7 Å². The quantitative estimate of drug-likeness (QED) is 0.608. The van der Waals surface area contributed by atoms with Gasteiger partial charge in [-0.05, 0) is 50.5 Å². The van der Waals surface area contributed by atoms with Crippen LogP contribution in [0.5, 0.6) is 5.75 Å². The fourth-order valence-electron chi connectivity index (χ4n) is 5.29. The maximum atomic E-state index is 13.7. The molecule has 2 aliphatic heterocycles. The Morgan fingerprint density at radius 3 is 2.26 bits per heavy atom. The van der Waals surface area contributed by atoms with Gasteiger partial charge in [-0.25, -0.2) is 0 Å². The second-order valence-corrected chi connectivity index (χ2v) is 10.2. The Kier molecular flexibility index (Phi) is 6.25. The van der Waals surface area contributed by atoms with Crippen LogP contribution in [0.15, 0.2) is 54.6 Å². The van der Waals surface area contributed by atoms with Gasteiger partial charge in [-0.2, -0.15) is 0 Å². The molecule has 7 nitrogen and oxygen atoms in total. The number of imide groups is 1. The molecule has 0 aliphatic carbocycles. The van der Waals surface area contributed by atoms with E-state index in [4.69, 9.17) is 4.74 Å². The van der Waals surface area contributed by atoms with Gasteiger partial charge in [0.25, 0.3) is 0 Å². The molecule has 2 fully saturated rings. The SMILES string of the molecule is CCCOc1ccc(C2NC(Cc3ccccc3)(C(=O)O)C3C(=O)N(C(C)(C)C)C(=O)C23)cc1. The molecular formula is C27H32N2O5. The third-order valence-electron chi connectivity index (χ3n) is 6.74. The van der Waals surface area contributed by atoms with Crippen LogP contribution in [0.2, 0.25) is 0 Å². The number of carbonyl (C=O) groups excluding carboxylic acids is 2. The normalized spacial score (nSPS) is 26.6. The summed E-state index contributed by atoms with van der Waals surface area (Å²) < 4.78 is 5.67. The first-order valence-electron chi connectivity index (χ1n) is 11.8. The summed E-state index contributed by atoms with van der Waals surface area (Å²) in [6, 6.07) is 15.9. The molecule has 7 heteroatoms. The van der Waals surface area contributed by atoms with Gasteiger partial charge in [0.1, 0.15) is 11.3 Å². The highest BCUT2D eigenvalue weighted by atomic mass is 16.5. The van der Waals surface area contributed by atoms with Gasteiger partial charge in [0, 0.05) is 18.0 Å². The smallest absolute Gasteiger partial charge is 0.325 e. The number of nitrogens with one attached hydrogen (secondary N) is 1. The van der Waals surface area contributed by atoms with Crippen molar-refractivity contribution in [2.45, 2.75) is 57.7 Å². The highest BCUT2D eigenvalue weighted by Gasteiger charge is 2.69. The molecule has 2 heterocycles. The second kappa shape index (κ2) is 8.87. The molecule has 34 heavy (non-hydrogen) atoms. The Hall–Kier alpha value is -3.19. The molecule has 0 radical (unpaired) electrons. The lowest BCUT2D eigenvalue weighted by molar-refractivity contribution is -0.153. The molecule has 4 rings (SSSR count). The van der Waals surface area contributed by atoms with E-state index in [0.29, 0.717) is 12.4 Å². The van der Waals surface area contributed by atoms with E-state index in [1.54, 1.807) is 20.8 Å². The molecule has 4 atom stereocenters. The average Bonchev–Trinajstić information content (AvgIpc) is 3.27. The zero-order valence-electron chi connectivity index (χ0n) is 20.1. The summed E-state index contributed by atoms with van der Waals surface area (Å²) in [5, 5.41) is 13.8. The highest BCUT2D eigenvalue weighted by Crippen LogP contribution is 2.51. The van der Waals surface area contributed by atoms with E-state index < -0.39 is 40.8 Å². The monoisotopic (exact) mass is 464 g/mol. The Morgan fingerprint density at radius 1 is 1.06 bits per heavy atom. The Morgan fingerprint density at radius 2 is 1.71 bits per heavy atom. The number of hydrogen-bond donors (Lipinski definition) is 2. The minimum absolute atomic E-state index is 0.0928. The van der Waals surface area contributed by atoms with Crippen molar-refractivity contribution in [2.24, 2.45) is 11.8 Å². The zero-order valence-corrected chi connectivity index (χ0v) is 20.1. The molecule has 2 aliphatic rings. The predicted molar refractivity (Wildman–Crippen MR) is 127 cm³/mol. The number of carbonyl (C=O) groups is 3. The van der Waals surface area contributed by atoms with Crippen LogP contribution in [0.1, 0.15) is 51.3 Å². The van der Waals surface area contributed by atoms with Crippen molar-refractivity contribution in [1.82, 2.24) is 10.2 Å². The largest absolute Gasteiger partial charge is 0.494 e. The van der Waals surface area contributed by atoms with Crippen LogP contribution >= 0.6 is 0 Å². The summed E-state index contributed by atoms with van der Waals surface area (Å²) in [5.41, 5.74) is -0.819. The number of fused-ring (bicyclic) bond motifs is 1. The molecule has 2 saturated heterocycles. The van der Waals surface area contributed by atoms with E-state index in [9.17, 15) is 19.5 Å². The van der Waals surface area contributed by atoms with E-state index in [0.717, 1.165) is 17.5 Å². The number of aliphatic carboxylic acids is 1. The minimum Gasteiger partial charge on any atom is -0.494 e. The summed E-state index contributed by atoms with van der Waals surface area (Å²) >= 11 is 0. The number of likely N-dealkylation sites (tertiary alicyclic amines) is 1. The van der Waals surface area contributed by atoms with Crippen LogP contribution < -0.4 is 10.1 Å². The number of ether oxygens (including phenoxy) is 1. The minimum atomic E-state index is -1.61. The van der Waals surface area contributed by atoms with Crippen LogP contribution in [0, 0.1) is 11.8 Å². The lowest BCUT2D eigenvalue weighted by Gasteiger charge is -2.35. The lowest BCUT2D eigenvalue weighted by atomic mass is 9.76. The number of carboxylic acids is 1. The van der Waals surface area contributed by atoms with Gasteiger partial charge in [0.2, 0.25) is 11.8 Å². The van der Waals surface area contributed by atoms with Crippen molar-refractivity contribution in [2.75, 3.05) is 6.61 Å². The molecule has 2 aromatic rings. The van der Waals surface area contributed by atoms with Gasteiger partial charge >= 0.3 is 5.97 Å². The van der Waals surface area contributed by atoms with Crippen LogP contribution in [0.25, 0.3) is 0 Å². The Labute approximate surface area is 200 Å². The van der Waals surface area contributed by atoms with Crippen molar-refractivity contribution in [3.8, 4) is 5.75 Å². The standard InChI is InChI=1S/C27H32N2O5/c1-5-15-34-19-13-11-18(12-14-19)22-20-21(24(31)29(23(20)30)26(2,3)4)27(28-22,25(32)33)16-17-9-7-6-8-10-17/h6-14,20-22,28H,5,15-16H2,1-4H3,(H,32,33). The molecule has 0 spiro atoms. The average molecular weight is 465 g/mol. The van der Waals surface area contributed by atoms with Crippen molar-refractivity contribution >= 4 is 17.8 Å². The predicted octanol–water partition coefficient (Wildman–Crippen LogP) is 3.59. The van der Waals surface area contributed by atoms with Crippen molar-refractivity contribution in [1.29, 1.82) is 0 Å². The van der Waals surface area contributed by atoms with Gasteiger partial charge in [-0.15, -0.1) is 0 Å². The summed E-state index contributed by atoms with van der Waals surface area (Å²) in [6.07, 6.45) is 0.977. The fourth-order valence-corrected chi connectivity index (χ4v) is 5.29. The van der Waals surface area contributed by atoms with Crippen LogP contribution in [-0.2, 0) is 20.8 Å².